The normalized spacial score (nSPS) is 10.2. The minimum atomic E-state index is 1.03. The molecule has 1 rings (SSSR count). The molecule has 0 saturated heterocycles. The van der Waals surface area contributed by atoms with E-state index in [0.29, 0.717) is 0 Å². The summed E-state index contributed by atoms with van der Waals surface area (Å²) < 4.78 is 0. The molecule has 0 fully saturated rings. The Balaban J connectivity index is 2.64. The summed E-state index contributed by atoms with van der Waals surface area (Å²) in [6, 6.07) is 8.61. The minimum absolute atomic E-state index is 1.03. The molecule has 0 aromatic heterocycles. The van der Waals surface area contributed by atoms with Gasteiger partial charge in [-0.05, 0) is 24.8 Å². The Morgan fingerprint density at radius 2 is 1.82 bits per heavy atom. The largest absolute Gasteiger partial charge is 0.385 e. The van der Waals surface area contributed by atoms with Gasteiger partial charge in [-0.25, -0.2) is 0 Å². The maximum Gasteiger partial charge on any atom is 0.0343 e. The Hall–Kier alpha value is -1.24. The van der Waals surface area contributed by atoms with Crippen LogP contribution in [0.1, 0.15) is 50.7 Å². The minimum Gasteiger partial charge on any atom is -0.385 e. The highest BCUT2D eigenvalue weighted by Gasteiger charge is 2.04. The standard InChI is InChI=1S/C16H25N/c1-4-6-10-15-11-8-9-12-16(15)14(3)17-13-7-5-2/h8-9,11-12,17H,3-7,10,13H2,1-2H3. The van der Waals surface area contributed by atoms with Gasteiger partial charge in [-0.1, -0.05) is 57.5 Å². The van der Waals surface area contributed by atoms with Crippen molar-refractivity contribution in [3.8, 4) is 0 Å². The molecule has 94 valence electrons. The highest BCUT2D eigenvalue weighted by Crippen LogP contribution is 2.17. The van der Waals surface area contributed by atoms with Gasteiger partial charge in [0, 0.05) is 17.8 Å². The molecular formula is C16H25N. The van der Waals surface area contributed by atoms with Crippen molar-refractivity contribution >= 4 is 5.70 Å². The summed E-state index contributed by atoms with van der Waals surface area (Å²) in [7, 11) is 0. The van der Waals surface area contributed by atoms with Crippen LogP contribution in [0.25, 0.3) is 5.70 Å². The maximum atomic E-state index is 4.15. The van der Waals surface area contributed by atoms with Crippen molar-refractivity contribution < 1.29 is 0 Å². The molecule has 0 aliphatic rings. The van der Waals surface area contributed by atoms with Crippen LogP contribution in [0.15, 0.2) is 30.8 Å². The molecule has 0 atom stereocenters. The summed E-state index contributed by atoms with van der Waals surface area (Å²) in [5, 5.41) is 3.42. The van der Waals surface area contributed by atoms with Crippen LogP contribution in [0.4, 0.5) is 0 Å². The third-order valence-corrected chi connectivity index (χ3v) is 3.01. The summed E-state index contributed by atoms with van der Waals surface area (Å²) in [6.45, 7) is 9.62. The molecule has 1 nitrogen and oxygen atoms in total. The van der Waals surface area contributed by atoms with Crippen molar-refractivity contribution in [2.75, 3.05) is 6.54 Å². The molecule has 0 aliphatic heterocycles. The fourth-order valence-corrected chi connectivity index (χ4v) is 1.91. The van der Waals surface area contributed by atoms with Gasteiger partial charge in [-0.3, -0.25) is 0 Å². The molecule has 0 aliphatic carbocycles. The first-order chi connectivity index (χ1) is 8.29. The van der Waals surface area contributed by atoms with E-state index in [9.17, 15) is 0 Å². The van der Waals surface area contributed by atoms with Gasteiger partial charge in [0.05, 0.1) is 0 Å². The van der Waals surface area contributed by atoms with Crippen molar-refractivity contribution in [1.82, 2.24) is 5.32 Å². The molecule has 0 saturated carbocycles. The average molecular weight is 231 g/mol. The molecule has 0 unspecified atom stereocenters. The first-order valence-electron chi connectivity index (χ1n) is 6.80. The Morgan fingerprint density at radius 1 is 1.12 bits per heavy atom. The topological polar surface area (TPSA) is 12.0 Å². The number of hydrogen-bond acceptors (Lipinski definition) is 1. The fourth-order valence-electron chi connectivity index (χ4n) is 1.91. The second kappa shape index (κ2) is 7.94. The van der Waals surface area contributed by atoms with Gasteiger partial charge in [0.25, 0.3) is 0 Å². The van der Waals surface area contributed by atoms with E-state index in [2.05, 4.69) is 50.0 Å². The lowest BCUT2D eigenvalue weighted by Crippen LogP contribution is -2.13. The van der Waals surface area contributed by atoms with Crippen LogP contribution in [0, 0.1) is 0 Å². The third kappa shape index (κ3) is 4.64. The Morgan fingerprint density at radius 3 is 2.53 bits per heavy atom. The second-order valence-electron chi connectivity index (χ2n) is 4.52. The SMILES string of the molecule is C=C(NCCCC)c1ccccc1CCCC. The molecule has 17 heavy (non-hydrogen) atoms. The highest BCUT2D eigenvalue weighted by atomic mass is 14.9. The van der Waals surface area contributed by atoms with E-state index < -0.39 is 0 Å². The molecule has 0 heterocycles. The van der Waals surface area contributed by atoms with Crippen LogP contribution in [0.2, 0.25) is 0 Å². The van der Waals surface area contributed by atoms with Crippen LogP contribution in [0.3, 0.4) is 0 Å². The maximum absolute atomic E-state index is 4.15. The summed E-state index contributed by atoms with van der Waals surface area (Å²) in [5.74, 6) is 0. The molecule has 1 heteroatoms. The van der Waals surface area contributed by atoms with Crippen molar-refractivity contribution in [3.05, 3.63) is 42.0 Å². The molecule has 0 bridgehead atoms. The van der Waals surface area contributed by atoms with E-state index in [4.69, 9.17) is 0 Å². The first kappa shape index (κ1) is 13.8. The zero-order valence-corrected chi connectivity index (χ0v) is 11.3. The predicted molar refractivity (Wildman–Crippen MR) is 77.0 cm³/mol. The fraction of sp³-hybridized carbons (Fsp3) is 0.500. The molecule has 0 radical (unpaired) electrons. The van der Waals surface area contributed by atoms with Gasteiger partial charge in [0.1, 0.15) is 0 Å². The van der Waals surface area contributed by atoms with Gasteiger partial charge < -0.3 is 5.32 Å². The van der Waals surface area contributed by atoms with Crippen LogP contribution in [-0.2, 0) is 6.42 Å². The number of aryl methyl sites for hydroxylation is 1. The average Bonchev–Trinajstić information content (AvgIpc) is 2.37. The number of unbranched alkanes of at least 4 members (excludes halogenated alkanes) is 2. The van der Waals surface area contributed by atoms with E-state index in [1.165, 1.54) is 36.8 Å². The zero-order chi connectivity index (χ0) is 12.5. The van der Waals surface area contributed by atoms with Gasteiger partial charge in [0.2, 0.25) is 0 Å². The summed E-state index contributed by atoms with van der Waals surface area (Å²) in [6.07, 6.45) is 6.07. The van der Waals surface area contributed by atoms with Crippen molar-refractivity contribution in [1.29, 1.82) is 0 Å². The van der Waals surface area contributed by atoms with Gasteiger partial charge in [0.15, 0.2) is 0 Å². The third-order valence-electron chi connectivity index (χ3n) is 3.01. The summed E-state index contributed by atoms with van der Waals surface area (Å²) in [4.78, 5) is 0. The lowest BCUT2D eigenvalue weighted by molar-refractivity contribution is 0.742. The molecule has 1 N–H and O–H groups in total. The van der Waals surface area contributed by atoms with E-state index in [1.54, 1.807) is 0 Å². The Labute approximate surface area is 106 Å². The molecular weight excluding hydrogens is 206 g/mol. The van der Waals surface area contributed by atoms with Crippen LogP contribution < -0.4 is 5.32 Å². The van der Waals surface area contributed by atoms with E-state index in [-0.39, 0.29) is 0 Å². The Kier molecular flexibility index (Phi) is 6.46. The van der Waals surface area contributed by atoms with Crippen LogP contribution in [-0.4, -0.2) is 6.54 Å². The highest BCUT2D eigenvalue weighted by molar-refractivity contribution is 5.64. The van der Waals surface area contributed by atoms with Gasteiger partial charge in [-0.15, -0.1) is 0 Å². The number of benzene rings is 1. The summed E-state index contributed by atoms with van der Waals surface area (Å²) >= 11 is 0. The lowest BCUT2D eigenvalue weighted by Gasteiger charge is -2.13. The second-order valence-corrected chi connectivity index (χ2v) is 4.52. The predicted octanol–water partition coefficient (Wildman–Crippen LogP) is 4.39. The number of hydrogen-bond donors (Lipinski definition) is 1. The molecule has 1 aromatic carbocycles. The quantitative estimate of drug-likeness (QED) is 0.654. The summed E-state index contributed by atoms with van der Waals surface area (Å²) in [5.41, 5.74) is 3.78. The monoisotopic (exact) mass is 231 g/mol. The first-order valence-corrected chi connectivity index (χ1v) is 6.80. The number of nitrogens with one attached hydrogen (secondary N) is 1. The van der Waals surface area contributed by atoms with Crippen molar-refractivity contribution in [3.63, 3.8) is 0 Å². The van der Waals surface area contributed by atoms with Crippen LogP contribution in [0.5, 0.6) is 0 Å². The zero-order valence-electron chi connectivity index (χ0n) is 11.3. The van der Waals surface area contributed by atoms with Crippen molar-refractivity contribution in [2.45, 2.75) is 46.0 Å². The van der Waals surface area contributed by atoms with Crippen LogP contribution >= 0.6 is 0 Å². The van der Waals surface area contributed by atoms with E-state index in [0.717, 1.165) is 18.7 Å². The number of rotatable bonds is 8. The van der Waals surface area contributed by atoms with E-state index in [1.807, 2.05) is 0 Å². The van der Waals surface area contributed by atoms with E-state index >= 15 is 0 Å². The van der Waals surface area contributed by atoms with Gasteiger partial charge >= 0.3 is 0 Å². The molecule has 0 spiro atoms. The molecule has 1 aromatic rings. The molecule has 0 amide bonds. The van der Waals surface area contributed by atoms with Crippen molar-refractivity contribution in [2.24, 2.45) is 0 Å². The van der Waals surface area contributed by atoms with Gasteiger partial charge in [-0.2, -0.15) is 0 Å². The lowest BCUT2D eigenvalue weighted by atomic mass is 10.00. The smallest absolute Gasteiger partial charge is 0.0343 e. The Bertz CT molecular complexity index is 341.